The highest BCUT2D eigenvalue weighted by atomic mass is 19.4. The molecule has 0 radical (unpaired) electrons. The third kappa shape index (κ3) is 3.43. The first kappa shape index (κ1) is 20.0. The van der Waals surface area contributed by atoms with Crippen LogP contribution in [0, 0.1) is 6.92 Å². The number of hydrogen-bond donors (Lipinski definition) is 0. The van der Waals surface area contributed by atoms with E-state index in [4.69, 9.17) is 0 Å². The fourth-order valence-electron chi connectivity index (χ4n) is 3.79. The molecule has 32 heavy (non-hydrogen) atoms. The maximum Gasteiger partial charge on any atom is 0.434 e. The molecular formula is C22H17F3N6O. The van der Waals surface area contributed by atoms with E-state index >= 15 is 0 Å². The van der Waals surface area contributed by atoms with Gasteiger partial charge in [-0.25, -0.2) is 14.6 Å². The molecule has 0 atom stereocenters. The molecule has 7 nitrogen and oxygen atoms in total. The van der Waals surface area contributed by atoms with Crippen LogP contribution in [0.25, 0.3) is 5.95 Å². The summed E-state index contributed by atoms with van der Waals surface area (Å²) >= 11 is 0. The van der Waals surface area contributed by atoms with Crippen molar-refractivity contribution >= 4 is 11.6 Å². The van der Waals surface area contributed by atoms with Crippen molar-refractivity contribution in [2.24, 2.45) is 0 Å². The van der Waals surface area contributed by atoms with Crippen molar-refractivity contribution < 1.29 is 18.0 Å². The van der Waals surface area contributed by atoms with Crippen LogP contribution in [0.15, 0.2) is 61.1 Å². The Morgan fingerprint density at radius 3 is 2.59 bits per heavy atom. The molecule has 0 fully saturated rings. The first-order valence-electron chi connectivity index (χ1n) is 9.82. The Morgan fingerprint density at radius 1 is 1.03 bits per heavy atom. The van der Waals surface area contributed by atoms with E-state index in [1.54, 1.807) is 25.1 Å². The van der Waals surface area contributed by atoms with Gasteiger partial charge in [0, 0.05) is 36.5 Å². The number of aromatic nitrogens is 5. The van der Waals surface area contributed by atoms with Gasteiger partial charge in [-0.05, 0) is 36.8 Å². The van der Waals surface area contributed by atoms with Crippen LogP contribution in [0.5, 0.6) is 0 Å². The second-order valence-corrected chi connectivity index (χ2v) is 7.48. The van der Waals surface area contributed by atoms with E-state index in [9.17, 15) is 18.0 Å². The minimum Gasteiger partial charge on any atom is -0.345 e. The maximum absolute atomic E-state index is 13.9. The zero-order valence-corrected chi connectivity index (χ0v) is 16.9. The Labute approximate surface area is 180 Å². The van der Waals surface area contributed by atoms with Crippen LogP contribution < -0.4 is 4.90 Å². The third-order valence-electron chi connectivity index (χ3n) is 5.31. The summed E-state index contributed by atoms with van der Waals surface area (Å²) in [6.07, 6.45) is -0.579. The summed E-state index contributed by atoms with van der Waals surface area (Å²) < 4.78 is 45.0. The van der Waals surface area contributed by atoms with Gasteiger partial charge in [0.1, 0.15) is 0 Å². The molecule has 0 bridgehead atoms. The van der Waals surface area contributed by atoms with Crippen molar-refractivity contribution in [3.8, 4) is 5.95 Å². The monoisotopic (exact) mass is 438 g/mol. The lowest BCUT2D eigenvalue weighted by Crippen LogP contribution is -2.33. The Morgan fingerprint density at radius 2 is 1.84 bits per heavy atom. The molecule has 0 aliphatic carbocycles. The number of para-hydroxylation sites is 1. The highest BCUT2D eigenvalue weighted by Gasteiger charge is 2.40. The van der Waals surface area contributed by atoms with Gasteiger partial charge in [0.05, 0.1) is 17.8 Å². The number of carbonyl (C=O) groups is 1. The molecule has 4 heterocycles. The number of aryl methyl sites for hydroxylation is 1. The quantitative estimate of drug-likeness (QED) is 0.475. The van der Waals surface area contributed by atoms with Crippen LogP contribution in [0.2, 0.25) is 0 Å². The molecule has 0 spiro atoms. The number of halogens is 3. The van der Waals surface area contributed by atoms with E-state index in [0.29, 0.717) is 17.9 Å². The van der Waals surface area contributed by atoms with Crippen molar-refractivity contribution in [2.75, 3.05) is 4.90 Å². The lowest BCUT2D eigenvalue weighted by Gasteiger charge is -2.24. The van der Waals surface area contributed by atoms with Gasteiger partial charge in [0.15, 0.2) is 5.69 Å². The summed E-state index contributed by atoms with van der Waals surface area (Å²) in [6, 6.07) is 12.5. The first-order chi connectivity index (χ1) is 15.3. The summed E-state index contributed by atoms with van der Waals surface area (Å²) in [7, 11) is 0. The predicted molar refractivity (Wildman–Crippen MR) is 109 cm³/mol. The van der Waals surface area contributed by atoms with E-state index in [-0.39, 0.29) is 12.5 Å². The molecule has 1 amide bonds. The summed E-state index contributed by atoms with van der Waals surface area (Å²) in [6.45, 7) is 2.34. The van der Waals surface area contributed by atoms with E-state index < -0.39 is 23.3 Å². The van der Waals surface area contributed by atoms with Gasteiger partial charge in [-0.1, -0.05) is 18.2 Å². The molecule has 162 valence electrons. The number of fused-ring (bicyclic) bond motifs is 2. The SMILES string of the molecule is Cc1ccn(-c2ncc(C(=O)N3Cc4cccn4Cc4ccccc43)c(C(F)(F)F)n2)n1. The van der Waals surface area contributed by atoms with Crippen LogP contribution in [0.3, 0.4) is 0 Å². The van der Waals surface area contributed by atoms with Crippen LogP contribution in [-0.2, 0) is 19.3 Å². The lowest BCUT2D eigenvalue weighted by atomic mass is 10.1. The summed E-state index contributed by atoms with van der Waals surface area (Å²) in [5, 5.41) is 4.06. The molecule has 3 aromatic heterocycles. The molecule has 1 aliphatic heterocycles. The van der Waals surface area contributed by atoms with Gasteiger partial charge in [-0.2, -0.15) is 18.3 Å². The molecular weight excluding hydrogens is 421 g/mol. The first-order valence-corrected chi connectivity index (χ1v) is 9.82. The van der Waals surface area contributed by atoms with Crippen molar-refractivity contribution in [3.63, 3.8) is 0 Å². The predicted octanol–water partition coefficient (Wildman–Crippen LogP) is 4.00. The number of nitrogens with zero attached hydrogens (tertiary/aromatic N) is 6. The fourth-order valence-corrected chi connectivity index (χ4v) is 3.79. The minimum atomic E-state index is -4.85. The molecule has 0 N–H and O–H groups in total. The lowest BCUT2D eigenvalue weighted by molar-refractivity contribution is -0.141. The van der Waals surface area contributed by atoms with E-state index in [1.807, 2.05) is 35.0 Å². The van der Waals surface area contributed by atoms with Crippen LogP contribution >= 0.6 is 0 Å². The van der Waals surface area contributed by atoms with E-state index in [0.717, 1.165) is 22.1 Å². The summed E-state index contributed by atoms with van der Waals surface area (Å²) in [5.41, 5.74) is 0.895. The van der Waals surface area contributed by atoms with Gasteiger partial charge >= 0.3 is 6.18 Å². The second kappa shape index (κ2) is 7.33. The summed E-state index contributed by atoms with van der Waals surface area (Å²) in [4.78, 5) is 22.5. The van der Waals surface area contributed by atoms with Gasteiger partial charge in [0.25, 0.3) is 11.9 Å². The zero-order chi connectivity index (χ0) is 22.5. The second-order valence-electron chi connectivity index (χ2n) is 7.48. The number of rotatable bonds is 2. The highest BCUT2D eigenvalue weighted by Crippen LogP contribution is 2.34. The molecule has 1 aliphatic rings. The fraction of sp³-hybridized carbons (Fsp3) is 0.182. The molecule has 0 unspecified atom stereocenters. The molecule has 1 aromatic carbocycles. The van der Waals surface area contributed by atoms with Crippen molar-refractivity contribution in [2.45, 2.75) is 26.2 Å². The van der Waals surface area contributed by atoms with Gasteiger partial charge < -0.3 is 9.47 Å². The van der Waals surface area contributed by atoms with E-state index in [1.165, 1.54) is 11.1 Å². The zero-order valence-electron chi connectivity index (χ0n) is 16.9. The number of amides is 1. The number of carbonyl (C=O) groups excluding carboxylic acids is 1. The topological polar surface area (TPSA) is 68.8 Å². The maximum atomic E-state index is 13.9. The Bertz CT molecular complexity index is 1320. The normalized spacial score (nSPS) is 13.4. The Hall–Kier alpha value is -3.95. The Kier molecular flexibility index (Phi) is 4.58. The standard InChI is InChI=1S/C22H17F3N6O/c1-14-8-10-31(28-14)21-26-11-17(19(27-21)22(23,24)25)20(32)30-13-16-6-4-9-29(16)12-15-5-2-3-7-18(15)30/h2-11H,12-13H2,1H3. The molecule has 5 rings (SSSR count). The van der Waals surface area contributed by atoms with Gasteiger partial charge in [-0.15, -0.1) is 0 Å². The number of benzene rings is 1. The van der Waals surface area contributed by atoms with Crippen LogP contribution in [0.1, 0.15) is 33.0 Å². The molecule has 0 saturated heterocycles. The molecule has 10 heteroatoms. The average Bonchev–Trinajstić information content (AvgIpc) is 3.36. The van der Waals surface area contributed by atoms with Crippen molar-refractivity contribution in [1.29, 1.82) is 0 Å². The van der Waals surface area contributed by atoms with Crippen LogP contribution in [0.4, 0.5) is 18.9 Å². The number of alkyl halides is 3. The molecule has 0 saturated carbocycles. The van der Waals surface area contributed by atoms with Crippen molar-refractivity contribution in [3.05, 3.63) is 89.3 Å². The Balaban J connectivity index is 1.62. The highest BCUT2D eigenvalue weighted by molar-refractivity contribution is 6.07. The molecule has 4 aromatic rings. The minimum absolute atomic E-state index is 0.125. The average molecular weight is 438 g/mol. The van der Waals surface area contributed by atoms with E-state index in [2.05, 4.69) is 15.1 Å². The van der Waals surface area contributed by atoms with Gasteiger partial charge in [0.2, 0.25) is 0 Å². The van der Waals surface area contributed by atoms with Crippen molar-refractivity contribution in [1.82, 2.24) is 24.3 Å². The third-order valence-corrected chi connectivity index (χ3v) is 5.31. The van der Waals surface area contributed by atoms with Gasteiger partial charge in [-0.3, -0.25) is 4.79 Å². The number of anilines is 1. The summed E-state index contributed by atoms with van der Waals surface area (Å²) in [5.74, 6) is -1.07. The van der Waals surface area contributed by atoms with Crippen LogP contribution in [-0.4, -0.2) is 30.2 Å². The number of hydrogen-bond acceptors (Lipinski definition) is 4. The largest absolute Gasteiger partial charge is 0.434 e. The smallest absolute Gasteiger partial charge is 0.345 e.